The van der Waals surface area contributed by atoms with Crippen LogP contribution in [-0.4, -0.2) is 17.1 Å². The van der Waals surface area contributed by atoms with Gasteiger partial charge < -0.3 is 10.6 Å². The first-order valence-electron chi connectivity index (χ1n) is 7.53. The summed E-state index contributed by atoms with van der Waals surface area (Å²) in [5.74, 6) is 0.00807. The van der Waals surface area contributed by atoms with Crippen molar-refractivity contribution in [2.24, 2.45) is 0 Å². The van der Waals surface area contributed by atoms with Gasteiger partial charge in [-0.25, -0.2) is 0 Å². The summed E-state index contributed by atoms with van der Waals surface area (Å²) in [5.41, 5.74) is 2.79. The average molecular weight is 326 g/mol. The summed E-state index contributed by atoms with van der Waals surface area (Å²) in [5, 5.41) is 5.75. The quantitative estimate of drug-likeness (QED) is 0.908. The zero-order valence-electron chi connectivity index (χ0n) is 12.8. The number of hydrogen-bond acceptors (Lipinski definition) is 3. The summed E-state index contributed by atoms with van der Waals surface area (Å²) in [6, 6.07) is 15.6. The van der Waals surface area contributed by atoms with Crippen LogP contribution >= 0.6 is 11.8 Å². The number of hydrogen-bond donors (Lipinski definition) is 2. The van der Waals surface area contributed by atoms with Gasteiger partial charge in [-0.15, -0.1) is 11.8 Å². The van der Waals surface area contributed by atoms with Gasteiger partial charge in [0.05, 0.1) is 17.4 Å². The Balaban J connectivity index is 1.60. The monoisotopic (exact) mass is 326 g/mol. The summed E-state index contributed by atoms with van der Waals surface area (Å²) in [6.45, 7) is 2.34. The average Bonchev–Trinajstić information content (AvgIpc) is 2.55. The van der Waals surface area contributed by atoms with Gasteiger partial charge in [-0.05, 0) is 30.2 Å². The van der Waals surface area contributed by atoms with Crippen LogP contribution < -0.4 is 10.6 Å². The molecule has 2 N–H and O–H groups in total. The highest BCUT2D eigenvalue weighted by atomic mass is 32.2. The van der Waals surface area contributed by atoms with Gasteiger partial charge in [0.1, 0.15) is 0 Å². The number of benzene rings is 2. The zero-order valence-corrected chi connectivity index (χ0v) is 13.7. The fourth-order valence-electron chi connectivity index (χ4n) is 2.41. The zero-order chi connectivity index (χ0) is 16.2. The molecule has 1 unspecified atom stereocenters. The van der Waals surface area contributed by atoms with Gasteiger partial charge in [-0.1, -0.05) is 36.4 Å². The number of fused-ring (bicyclic) bond motifs is 1. The lowest BCUT2D eigenvalue weighted by atomic mass is 10.1. The van der Waals surface area contributed by atoms with E-state index in [2.05, 4.69) is 10.6 Å². The summed E-state index contributed by atoms with van der Waals surface area (Å²) >= 11 is 1.56. The van der Waals surface area contributed by atoms with Gasteiger partial charge in [0.2, 0.25) is 11.8 Å². The van der Waals surface area contributed by atoms with Crippen molar-refractivity contribution in [2.75, 3.05) is 5.32 Å². The molecule has 0 radical (unpaired) electrons. The minimum atomic E-state index is -0.0704. The molecule has 0 aromatic heterocycles. The van der Waals surface area contributed by atoms with Gasteiger partial charge >= 0.3 is 0 Å². The molecular formula is C18H18N2O2S. The summed E-state index contributed by atoms with van der Waals surface area (Å²) in [7, 11) is 0. The molecule has 1 atom stereocenters. The van der Waals surface area contributed by atoms with E-state index in [1.54, 1.807) is 11.8 Å². The Morgan fingerprint density at radius 2 is 1.96 bits per heavy atom. The molecule has 1 heterocycles. The van der Waals surface area contributed by atoms with Crippen LogP contribution in [0.15, 0.2) is 53.4 Å². The lowest BCUT2D eigenvalue weighted by Crippen LogP contribution is -2.27. The Morgan fingerprint density at radius 1 is 1.17 bits per heavy atom. The van der Waals surface area contributed by atoms with Crippen molar-refractivity contribution in [1.29, 1.82) is 0 Å². The highest BCUT2D eigenvalue weighted by molar-refractivity contribution is 8.00. The molecule has 1 aliphatic heterocycles. The number of anilines is 1. The third-order valence-corrected chi connectivity index (χ3v) is 4.85. The predicted octanol–water partition coefficient (Wildman–Crippen LogP) is 2.98. The molecule has 4 nitrogen and oxygen atoms in total. The molecule has 0 bridgehead atoms. The van der Waals surface area contributed by atoms with Crippen LogP contribution in [0.1, 0.15) is 18.1 Å². The number of carbonyl (C=O) groups excluding carboxylic acids is 2. The fraction of sp³-hybridized carbons (Fsp3) is 0.222. The molecule has 0 fully saturated rings. The Labute approximate surface area is 139 Å². The second-order valence-electron chi connectivity index (χ2n) is 5.52. The van der Waals surface area contributed by atoms with Crippen LogP contribution in [0.4, 0.5) is 5.69 Å². The first-order chi connectivity index (χ1) is 11.1. The van der Waals surface area contributed by atoms with Gasteiger partial charge in [0.15, 0.2) is 0 Å². The minimum Gasteiger partial charge on any atom is -0.352 e. The third kappa shape index (κ3) is 3.93. The maximum absolute atomic E-state index is 12.0. The van der Waals surface area contributed by atoms with Crippen molar-refractivity contribution in [2.45, 2.75) is 30.0 Å². The molecular weight excluding hydrogens is 308 g/mol. The Kier molecular flexibility index (Phi) is 4.67. The molecule has 0 spiro atoms. The molecule has 2 aromatic rings. The fourth-order valence-corrected chi connectivity index (χ4v) is 3.34. The van der Waals surface area contributed by atoms with Crippen LogP contribution in [0.5, 0.6) is 0 Å². The van der Waals surface area contributed by atoms with Crippen molar-refractivity contribution >= 4 is 29.3 Å². The van der Waals surface area contributed by atoms with Crippen LogP contribution in [0.25, 0.3) is 0 Å². The van der Waals surface area contributed by atoms with E-state index >= 15 is 0 Å². The molecule has 2 amide bonds. The Bertz CT molecular complexity index is 731. The molecule has 2 aromatic carbocycles. The van der Waals surface area contributed by atoms with Crippen LogP contribution in [0, 0.1) is 0 Å². The highest BCUT2D eigenvalue weighted by Crippen LogP contribution is 2.35. The molecule has 3 rings (SSSR count). The van der Waals surface area contributed by atoms with Crippen molar-refractivity contribution < 1.29 is 9.59 Å². The van der Waals surface area contributed by atoms with Crippen molar-refractivity contribution in [3.63, 3.8) is 0 Å². The lowest BCUT2D eigenvalue weighted by molar-refractivity contribution is -0.120. The van der Waals surface area contributed by atoms with Gasteiger partial charge in [-0.3, -0.25) is 9.59 Å². The summed E-state index contributed by atoms with van der Waals surface area (Å²) in [4.78, 5) is 24.8. The molecule has 0 aliphatic carbocycles. The SMILES string of the molecule is CC1Sc2ccc(CNC(=O)Cc3ccccc3)cc2NC1=O. The molecule has 0 saturated carbocycles. The first-order valence-corrected chi connectivity index (χ1v) is 8.41. The number of thioether (sulfide) groups is 1. The number of rotatable bonds is 4. The van der Waals surface area contributed by atoms with E-state index < -0.39 is 0 Å². The first kappa shape index (κ1) is 15.6. The largest absolute Gasteiger partial charge is 0.352 e. The van der Waals surface area contributed by atoms with Gasteiger partial charge in [0.25, 0.3) is 0 Å². The molecule has 23 heavy (non-hydrogen) atoms. The summed E-state index contributed by atoms with van der Waals surface area (Å²) in [6.07, 6.45) is 0.371. The highest BCUT2D eigenvalue weighted by Gasteiger charge is 2.22. The van der Waals surface area contributed by atoms with Crippen LogP contribution in [0.3, 0.4) is 0 Å². The normalized spacial score (nSPS) is 16.4. The second-order valence-corrected chi connectivity index (χ2v) is 6.90. The van der Waals surface area contributed by atoms with Crippen molar-refractivity contribution in [3.8, 4) is 0 Å². The maximum atomic E-state index is 12.0. The van der Waals surface area contributed by atoms with Gasteiger partial charge in [-0.2, -0.15) is 0 Å². The van der Waals surface area contributed by atoms with Crippen LogP contribution in [-0.2, 0) is 22.6 Å². The predicted molar refractivity (Wildman–Crippen MR) is 92.4 cm³/mol. The maximum Gasteiger partial charge on any atom is 0.237 e. The van der Waals surface area contributed by atoms with Crippen molar-refractivity contribution in [1.82, 2.24) is 5.32 Å². The van der Waals surface area contributed by atoms with E-state index in [0.29, 0.717) is 13.0 Å². The van der Waals surface area contributed by atoms with E-state index in [0.717, 1.165) is 21.7 Å². The van der Waals surface area contributed by atoms with E-state index in [-0.39, 0.29) is 17.1 Å². The number of amides is 2. The minimum absolute atomic E-state index is 0.0130. The number of nitrogens with one attached hydrogen (secondary N) is 2. The van der Waals surface area contributed by atoms with Crippen LogP contribution in [0.2, 0.25) is 0 Å². The second kappa shape index (κ2) is 6.87. The standard InChI is InChI=1S/C18H18N2O2S/c1-12-18(22)20-15-9-14(7-8-16(15)23-12)11-19-17(21)10-13-5-3-2-4-6-13/h2-9,12H,10-11H2,1H3,(H,19,21)(H,20,22). The molecule has 118 valence electrons. The Morgan fingerprint density at radius 3 is 2.74 bits per heavy atom. The summed E-state index contributed by atoms with van der Waals surface area (Å²) < 4.78 is 0. The Hall–Kier alpha value is -2.27. The molecule has 5 heteroatoms. The molecule has 0 saturated heterocycles. The van der Waals surface area contributed by atoms with Crippen molar-refractivity contribution in [3.05, 3.63) is 59.7 Å². The van der Waals surface area contributed by atoms with E-state index in [4.69, 9.17) is 0 Å². The van der Waals surface area contributed by atoms with Gasteiger partial charge in [0, 0.05) is 11.4 Å². The third-order valence-electron chi connectivity index (χ3n) is 3.67. The lowest BCUT2D eigenvalue weighted by Gasteiger charge is -2.22. The topological polar surface area (TPSA) is 58.2 Å². The number of carbonyl (C=O) groups is 2. The van der Waals surface area contributed by atoms with E-state index in [1.165, 1.54) is 0 Å². The van der Waals surface area contributed by atoms with E-state index in [1.807, 2.05) is 55.5 Å². The molecule has 1 aliphatic rings. The van der Waals surface area contributed by atoms with E-state index in [9.17, 15) is 9.59 Å². The smallest absolute Gasteiger partial charge is 0.237 e.